The van der Waals surface area contributed by atoms with Gasteiger partial charge in [0.25, 0.3) is 0 Å². The molecule has 0 bridgehead atoms. The van der Waals surface area contributed by atoms with Gasteiger partial charge in [0, 0.05) is 12.2 Å². The van der Waals surface area contributed by atoms with Gasteiger partial charge in [0.2, 0.25) is 0 Å². The first-order valence-electron chi connectivity index (χ1n) is 4.60. The molecular weight excluding hydrogens is 229 g/mol. The van der Waals surface area contributed by atoms with Gasteiger partial charge in [-0.15, -0.1) is 0 Å². The maximum Gasteiger partial charge on any atom is 1.00 e. The Balaban J connectivity index is 0.00000112. The van der Waals surface area contributed by atoms with Crippen LogP contribution in [0.5, 0.6) is 0 Å². The Morgan fingerprint density at radius 3 is 2.53 bits per heavy atom. The smallest absolute Gasteiger partial charge is 0.448 e. The summed E-state index contributed by atoms with van der Waals surface area (Å²) in [6, 6.07) is 7.28. The molecule has 0 unspecified atom stereocenters. The Morgan fingerprint density at radius 2 is 1.87 bits per heavy atom. The molecule has 1 aliphatic heterocycles. The van der Waals surface area contributed by atoms with Crippen LogP contribution >= 0.6 is 0 Å². The third-order valence-corrected chi connectivity index (χ3v) is 2.41. The van der Waals surface area contributed by atoms with Crippen LogP contribution in [-0.4, -0.2) is 20.0 Å². The monoisotopic (exact) mass is 239 g/mol. The summed E-state index contributed by atoms with van der Waals surface area (Å²) in [6.07, 6.45) is -0.0562. The van der Waals surface area contributed by atoms with Crippen molar-refractivity contribution in [3.05, 3.63) is 29.8 Å². The van der Waals surface area contributed by atoms with Gasteiger partial charge in [0.1, 0.15) is 0 Å². The molecule has 0 aromatic heterocycles. The first-order valence-corrected chi connectivity index (χ1v) is 4.60. The molecule has 0 saturated carbocycles. The Bertz CT molecular complexity index is 342. The van der Waals surface area contributed by atoms with E-state index in [1.165, 1.54) is 4.90 Å². The largest absolute Gasteiger partial charge is 1.00 e. The molecule has 0 atom stereocenters. The number of hydrogen-bond donors (Lipinski definition) is 0. The fraction of sp³-hybridized carbons (Fsp3) is 0.333. The van der Waals surface area contributed by atoms with Crippen molar-refractivity contribution in [2.24, 2.45) is 0 Å². The van der Waals surface area contributed by atoms with Crippen LogP contribution in [0, 0.1) is 0 Å². The standard InChI is InChI=1S/C9H10BF3N.K/c11-10(12,13)7-14-6-5-8-3-1-2-4-9(8)14;/h1-4H,5-7H2;/q-1;+1. The van der Waals surface area contributed by atoms with E-state index >= 15 is 0 Å². The molecule has 76 valence electrons. The zero-order valence-corrected chi connectivity index (χ0v) is 11.7. The van der Waals surface area contributed by atoms with E-state index in [0.717, 1.165) is 17.7 Å². The Hall–Kier alpha value is 0.511. The fourth-order valence-corrected chi connectivity index (χ4v) is 1.85. The fourth-order valence-electron chi connectivity index (χ4n) is 1.85. The maximum absolute atomic E-state index is 12.2. The summed E-state index contributed by atoms with van der Waals surface area (Å²) >= 11 is 0. The molecule has 0 fully saturated rings. The van der Waals surface area contributed by atoms with Crippen LogP contribution in [0.25, 0.3) is 0 Å². The average molecular weight is 239 g/mol. The molecule has 0 spiro atoms. The van der Waals surface area contributed by atoms with E-state index in [1.807, 2.05) is 12.1 Å². The van der Waals surface area contributed by atoms with Gasteiger partial charge in [-0.25, -0.2) is 0 Å². The summed E-state index contributed by atoms with van der Waals surface area (Å²) in [7, 11) is 0. The Kier molecular flexibility index (Phi) is 4.73. The van der Waals surface area contributed by atoms with Crippen molar-refractivity contribution < 1.29 is 64.3 Å². The molecule has 1 aromatic carbocycles. The third kappa shape index (κ3) is 3.49. The summed E-state index contributed by atoms with van der Waals surface area (Å²) < 4.78 is 36.7. The number of hydrogen-bond acceptors (Lipinski definition) is 1. The van der Waals surface area contributed by atoms with Crippen molar-refractivity contribution >= 4 is 12.7 Å². The van der Waals surface area contributed by atoms with Crippen molar-refractivity contribution in [1.29, 1.82) is 0 Å². The molecule has 0 radical (unpaired) electrons. The second kappa shape index (κ2) is 5.23. The number of nitrogens with zero attached hydrogens (tertiary/aromatic N) is 1. The quantitative estimate of drug-likeness (QED) is 0.625. The van der Waals surface area contributed by atoms with Crippen LogP contribution in [0.15, 0.2) is 24.3 Å². The van der Waals surface area contributed by atoms with E-state index in [2.05, 4.69) is 0 Å². The first kappa shape index (κ1) is 13.6. The van der Waals surface area contributed by atoms with Gasteiger partial charge in [-0.3, -0.25) is 0 Å². The molecule has 0 saturated heterocycles. The van der Waals surface area contributed by atoms with Crippen LogP contribution in [0.2, 0.25) is 0 Å². The molecule has 1 nitrogen and oxygen atoms in total. The zero-order chi connectivity index (χ0) is 10.2. The van der Waals surface area contributed by atoms with Crippen LogP contribution in [0.1, 0.15) is 5.56 Å². The van der Waals surface area contributed by atoms with E-state index in [9.17, 15) is 12.9 Å². The maximum atomic E-state index is 12.2. The Morgan fingerprint density at radius 1 is 1.20 bits per heavy atom. The second-order valence-electron chi connectivity index (χ2n) is 3.54. The molecule has 0 aliphatic carbocycles. The number of benzene rings is 1. The summed E-state index contributed by atoms with van der Waals surface area (Å²) in [5, 5.41) is 0. The van der Waals surface area contributed by atoms with Gasteiger partial charge in [-0.1, -0.05) is 18.2 Å². The van der Waals surface area contributed by atoms with Crippen molar-refractivity contribution in [3.63, 3.8) is 0 Å². The second-order valence-corrected chi connectivity index (χ2v) is 3.54. The van der Waals surface area contributed by atoms with Gasteiger partial charge in [0.15, 0.2) is 0 Å². The predicted molar refractivity (Wildman–Crippen MR) is 51.4 cm³/mol. The summed E-state index contributed by atoms with van der Waals surface area (Å²) in [6.45, 7) is -4.23. The van der Waals surface area contributed by atoms with Gasteiger partial charge in [0.05, 0.1) is 0 Å². The predicted octanol–water partition coefficient (Wildman–Crippen LogP) is -0.560. The number of fused-ring (bicyclic) bond motifs is 1. The molecule has 0 amide bonds. The van der Waals surface area contributed by atoms with E-state index in [4.69, 9.17) is 0 Å². The van der Waals surface area contributed by atoms with Gasteiger partial charge in [-0.05, 0) is 24.5 Å². The van der Waals surface area contributed by atoms with E-state index in [-0.39, 0.29) is 51.4 Å². The van der Waals surface area contributed by atoms with Gasteiger partial charge < -0.3 is 17.8 Å². The van der Waals surface area contributed by atoms with E-state index in [0.29, 0.717) is 6.54 Å². The third-order valence-electron chi connectivity index (χ3n) is 2.41. The van der Waals surface area contributed by atoms with E-state index < -0.39 is 13.4 Å². The van der Waals surface area contributed by atoms with Crippen LogP contribution in [0.3, 0.4) is 0 Å². The van der Waals surface area contributed by atoms with Crippen LogP contribution in [-0.2, 0) is 6.42 Å². The number of anilines is 1. The van der Waals surface area contributed by atoms with Crippen LogP contribution < -0.4 is 56.3 Å². The molecule has 1 aliphatic rings. The molecule has 2 rings (SSSR count). The molecule has 1 heterocycles. The summed E-state index contributed by atoms with van der Waals surface area (Å²) in [5.74, 6) is 0. The number of halogens is 3. The van der Waals surface area contributed by atoms with Crippen molar-refractivity contribution in [2.75, 3.05) is 17.9 Å². The summed E-state index contributed by atoms with van der Waals surface area (Å²) in [4.78, 5) is 1.41. The van der Waals surface area contributed by atoms with Gasteiger partial charge in [-0.2, -0.15) is 0 Å². The SMILES string of the molecule is F[B-](F)(F)CN1CCc2ccccc21.[K+]. The number of para-hydroxylation sites is 1. The first-order chi connectivity index (χ1) is 6.56. The minimum atomic E-state index is -4.72. The zero-order valence-electron chi connectivity index (χ0n) is 8.59. The number of rotatable bonds is 2. The van der Waals surface area contributed by atoms with Crippen LogP contribution in [0.4, 0.5) is 18.6 Å². The molecular formula is C9H10BF3KN. The molecule has 6 heteroatoms. The molecule has 0 N–H and O–H groups in total. The van der Waals surface area contributed by atoms with Crippen molar-refractivity contribution in [2.45, 2.75) is 6.42 Å². The Labute approximate surface area is 130 Å². The average Bonchev–Trinajstić information content (AvgIpc) is 2.47. The molecule has 1 aromatic rings. The van der Waals surface area contributed by atoms with Gasteiger partial charge >= 0.3 is 58.4 Å². The summed E-state index contributed by atoms with van der Waals surface area (Å²) in [5.41, 5.74) is 1.76. The minimum Gasteiger partial charge on any atom is -0.448 e. The van der Waals surface area contributed by atoms with Crippen molar-refractivity contribution in [3.8, 4) is 0 Å². The minimum absolute atomic E-state index is 0. The topological polar surface area (TPSA) is 3.24 Å². The van der Waals surface area contributed by atoms with E-state index in [1.54, 1.807) is 12.1 Å². The van der Waals surface area contributed by atoms with Crippen molar-refractivity contribution in [1.82, 2.24) is 0 Å². The molecule has 15 heavy (non-hydrogen) atoms. The normalized spacial score (nSPS) is 14.7.